The lowest BCUT2D eigenvalue weighted by Crippen LogP contribution is -2.32. The van der Waals surface area contributed by atoms with Crippen molar-refractivity contribution in [2.24, 2.45) is 11.7 Å². The van der Waals surface area contributed by atoms with Gasteiger partial charge in [0.15, 0.2) is 0 Å². The molecule has 0 spiro atoms. The quantitative estimate of drug-likeness (QED) is 0.658. The van der Waals surface area contributed by atoms with E-state index < -0.39 is 0 Å². The van der Waals surface area contributed by atoms with Crippen LogP contribution in [0.5, 0.6) is 0 Å². The summed E-state index contributed by atoms with van der Waals surface area (Å²) in [6.45, 7) is 7.92. The van der Waals surface area contributed by atoms with Gasteiger partial charge in [-0.3, -0.25) is 0 Å². The first-order valence-electron chi connectivity index (χ1n) is 6.02. The van der Waals surface area contributed by atoms with Crippen LogP contribution >= 0.6 is 0 Å². The molecule has 1 saturated carbocycles. The third-order valence-corrected chi connectivity index (χ3v) is 3.23. The van der Waals surface area contributed by atoms with Gasteiger partial charge in [-0.15, -0.1) is 0 Å². The van der Waals surface area contributed by atoms with Crippen LogP contribution < -0.4 is 11.1 Å². The molecule has 0 bridgehead atoms. The fraction of sp³-hybridized carbons (Fsp3) is 1.00. The molecule has 0 aromatic carbocycles. The van der Waals surface area contributed by atoms with Crippen LogP contribution in [0.1, 0.15) is 52.9 Å². The Morgan fingerprint density at radius 1 is 1.29 bits per heavy atom. The van der Waals surface area contributed by atoms with Crippen molar-refractivity contribution in [2.45, 2.75) is 64.5 Å². The molecule has 0 heterocycles. The fourth-order valence-electron chi connectivity index (χ4n) is 1.68. The predicted molar refractivity (Wildman–Crippen MR) is 62.3 cm³/mol. The topological polar surface area (TPSA) is 38.0 Å². The van der Waals surface area contributed by atoms with Crippen LogP contribution in [0.2, 0.25) is 0 Å². The molecule has 0 saturated heterocycles. The largest absolute Gasteiger partial charge is 0.328 e. The highest BCUT2D eigenvalue weighted by Gasteiger charge is 2.36. The maximum Gasteiger partial charge on any atom is 0.0154 e. The zero-order chi connectivity index (χ0) is 10.6. The molecule has 0 radical (unpaired) electrons. The van der Waals surface area contributed by atoms with E-state index in [1.165, 1.54) is 38.6 Å². The van der Waals surface area contributed by atoms with Crippen LogP contribution in [0, 0.1) is 5.92 Å². The average molecular weight is 198 g/mol. The van der Waals surface area contributed by atoms with Crippen molar-refractivity contribution >= 4 is 0 Å². The van der Waals surface area contributed by atoms with Crippen LogP contribution in [-0.2, 0) is 0 Å². The monoisotopic (exact) mass is 198 g/mol. The summed E-state index contributed by atoms with van der Waals surface area (Å²) in [7, 11) is 0. The first-order valence-corrected chi connectivity index (χ1v) is 6.02. The highest BCUT2D eigenvalue weighted by molar-refractivity contribution is 4.97. The third-order valence-electron chi connectivity index (χ3n) is 3.23. The molecule has 1 aliphatic rings. The second kappa shape index (κ2) is 5.13. The summed E-state index contributed by atoms with van der Waals surface area (Å²) in [5.41, 5.74) is 6.21. The van der Waals surface area contributed by atoms with Crippen LogP contribution in [0.3, 0.4) is 0 Å². The zero-order valence-corrected chi connectivity index (χ0v) is 9.97. The van der Waals surface area contributed by atoms with Crippen LogP contribution in [0.25, 0.3) is 0 Å². The van der Waals surface area contributed by atoms with E-state index in [0.29, 0.717) is 11.6 Å². The number of hydrogen-bond donors (Lipinski definition) is 2. The average Bonchev–Trinajstić information content (AvgIpc) is 2.81. The minimum atomic E-state index is 0.371. The van der Waals surface area contributed by atoms with Crippen molar-refractivity contribution in [3.8, 4) is 0 Å². The van der Waals surface area contributed by atoms with Crippen molar-refractivity contribution in [1.29, 1.82) is 0 Å². The smallest absolute Gasteiger partial charge is 0.0154 e. The Labute approximate surface area is 88.6 Å². The van der Waals surface area contributed by atoms with Gasteiger partial charge < -0.3 is 11.1 Å². The van der Waals surface area contributed by atoms with E-state index in [-0.39, 0.29) is 0 Å². The second-order valence-corrected chi connectivity index (χ2v) is 5.45. The van der Waals surface area contributed by atoms with Gasteiger partial charge in [0, 0.05) is 11.6 Å². The third kappa shape index (κ3) is 4.97. The van der Waals surface area contributed by atoms with Gasteiger partial charge in [0.05, 0.1) is 0 Å². The molecule has 84 valence electrons. The van der Waals surface area contributed by atoms with E-state index in [4.69, 9.17) is 5.73 Å². The Morgan fingerprint density at radius 3 is 2.43 bits per heavy atom. The molecule has 0 aromatic heterocycles. The summed E-state index contributed by atoms with van der Waals surface area (Å²) in [6, 6.07) is 0.371. The van der Waals surface area contributed by atoms with Crippen LogP contribution in [0.4, 0.5) is 0 Å². The van der Waals surface area contributed by atoms with E-state index in [0.717, 1.165) is 5.92 Å². The van der Waals surface area contributed by atoms with E-state index in [9.17, 15) is 0 Å². The second-order valence-electron chi connectivity index (χ2n) is 5.45. The molecule has 0 aromatic rings. The summed E-state index contributed by atoms with van der Waals surface area (Å²) in [5, 5.41) is 3.64. The van der Waals surface area contributed by atoms with Gasteiger partial charge in [-0.05, 0) is 52.0 Å². The van der Waals surface area contributed by atoms with Gasteiger partial charge in [-0.1, -0.05) is 13.3 Å². The molecular weight excluding hydrogens is 172 g/mol. The maximum absolute atomic E-state index is 5.72. The number of nitrogens with two attached hydrogens (primary N) is 1. The minimum Gasteiger partial charge on any atom is -0.328 e. The lowest BCUT2D eigenvalue weighted by Gasteiger charge is -2.17. The van der Waals surface area contributed by atoms with Crippen LogP contribution in [0.15, 0.2) is 0 Å². The molecule has 3 N–H and O–H groups in total. The number of nitrogens with one attached hydrogen (secondary N) is 1. The molecule has 14 heavy (non-hydrogen) atoms. The predicted octanol–water partition coefficient (Wildman–Crippen LogP) is 2.28. The van der Waals surface area contributed by atoms with Gasteiger partial charge in [-0.2, -0.15) is 0 Å². The Kier molecular flexibility index (Phi) is 4.39. The van der Waals surface area contributed by atoms with Gasteiger partial charge in [0.25, 0.3) is 0 Å². The number of hydrogen-bond acceptors (Lipinski definition) is 2. The fourth-order valence-corrected chi connectivity index (χ4v) is 1.68. The SMILES string of the molecule is CC(N)CCCC(C)CNC1(C)CC1. The van der Waals surface area contributed by atoms with E-state index in [1.54, 1.807) is 0 Å². The van der Waals surface area contributed by atoms with Crippen molar-refractivity contribution in [2.75, 3.05) is 6.54 Å². The van der Waals surface area contributed by atoms with Gasteiger partial charge in [0.1, 0.15) is 0 Å². The summed E-state index contributed by atoms with van der Waals surface area (Å²) in [4.78, 5) is 0. The van der Waals surface area contributed by atoms with Crippen molar-refractivity contribution in [3.05, 3.63) is 0 Å². The summed E-state index contributed by atoms with van der Waals surface area (Å²) in [6.07, 6.45) is 6.47. The Bertz CT molecular complexity index is 162. The maximum atomic E-state index is 5.72. The van der Waals surface area contributed by atoms with E-state index in [2.05, 4.69) is 26.1 Å². The molecule has 0 amide bonds. The van der Waals surface area contributed by atoms with Gasteiger partial charge >= 0.3 is 0 Å². The molecule has 2 unspecified atom stereocenters. The zero-order valence-electron chi connectivity index (χ0n) is 9.97. The molecule has 2 heteroatoms. The normalized spacial score (nSPS) is 23.1. The lowest BCUT2D eigenvalue weighted by molar-refractivity contribution is 0.414. The first kappa shape index (κ1) is 12.0. The molecule has 1 fully saturated rings. The molecule has 1 aliphatic carbocycles. The number of rotatable bonds is 7. The van der Waals surface area contributed by atoms with E-state index >= 15 is 0 Å². The van der Waals surface area contributed by atoms with Gasteiger partial charge in [0.2, 0.25) is 0 Å². The van der Waals surface area contributed by atoms with Crippen LogP contribution in [-0.4, -0.2) is 18.1 Å². The van der Waals surface area contributed by atoms with Crippen molar-refractivity contribution < 1.29 is 0 Å². The van der Waals surface area contributed by atoms with E-state index in [1.807, 2.05) is 0 Å². The highest BCUT2D eigenvalue weighted by Crippen LogP contribution is 2.34. The van der Waals surface area contributed by atoms with Gasteiger partial charge in [-0.25, -0.2) is 0 Å². The summed E-state index contributed by atoms with van der Waals surface area (Å²) in [5.74, 6) is 0.797. The molecular formula is C12H26N2. The Morgan fingerprint density at radius 2 is 1.93 bits per heavy atom. The van der Waals surface area contributed by atoms with Crippen molar-refractivity contribution in [1.82, 2.24) is 5.32 Å². The molecule has 2 nitrogen and oxygen atoms in total. The van der Waals surface area contributed by atoms with Crippen molar-refractivity contribution in [3.63, 3.8) is 0 Å². The highest BCUT2D eigenvalue weighted by atomic mass is 15.0. The standard InChI is InChI=1S/C12H26N2/c1-10(5-4-6-11(2)13)9-14-12(3)7-8-12/h10-11,14H,4-9,13H2,1-3H3. The Hall–Kier alpha value is -0.0800. The molecule has 2 atom stereocenters. The summed E-state index contributed by atoms with van der Waals surface area (Å²) < 4.78 is 0. The first-order chi connectivity index (χ1) is 6.52. The molecule has 1 rings (SSSR count). The summed E-state index contributed by atoms with van der Waals surface area (Å²) >= 11 is 0. The Balaban J connectivity index is 1.95. The molecule has 0 aliphatic heterocycles. The minimum absolute atomic E-state index is 0.371. The lowest BCUT2D eigenvalue weighted by atomic mass is 10.0.